The van der Waals surface area contributed by atoms with Crippen molar-refractivity contribution >= 4 is 5.91 Å². The molecule has 1 aliphatic rings. The first kappa shape index (κ1) is 13.9. The van der Waals surface area contributed by atoms with Gasteiger partial charge in [0, 0.05) is 18.2 Å². The van der Waals surface area contributed by atoms with Gasteiger partial charge in [-0.3, -0.25) is 4.79 Å². The number of hydrogen-bond donors (Lipinski definition) is 2. The molecular formula is C14H18F2N2O. The standard InChI is InChI=1S/C14H18F2N2O/c1-7-3-8(2)18-13(12(7)14(17)19)9-4-10(15)6-11(16)5-9/h4-8,12-13,18H,3H2,1-2H3,(H2,17,19). The van der Waals surface area contributed by atoms with E-state index in [9.17, 15) is 13.6 Å². The molecule has 4 atom stereocenters. The molecule has 1 aromatic carbocycles. The minimum absolute atomic E-state index is 0.0741. The van der Waals surface area contributed by atoms with Crippen LogP contribution in [0.5, 0.6) is 0 Å². The van der Waals surface area contributed by atoms with Gasteiger partial charge in [0.25, 0.3) is 0 Å². The molecule has 0 aliphatic carbocycles. The fourth-order valence-corrected chi connectivity index (χ4v) is 3.01. The van der Waals surface area contributed by atoms with Gasteiger partial charge in [0.1, 0.15) is 11.6 Å². The lowest BCUT2D eigenvalue weighted by Gasteiger charge is -2.39. The lowest BCUT2D eigenvalue weighted by atomic mass is 9.76. The number of benzene rings is 1. The van der Waals surface area contributed by atoms with Crippen LogP contribution in [0, 0.1) is 23.5 Å². The summed E-state index contributed by atoms with van der Waals surface area (Å²) < 4.78 is 26.6. The van der Waals surface area contributed by atoms with Crippen molar-refractivity contribution in [3.05, 3.63) is 35.4 Å². The fraction of sp³-hybridized carbons (Fsp3) is 0.500. The highest BCUT2D eigenvalue weighted by molar-refractivity contribution is 5.78. The van der Waals surface area contributed by atoms with Gasteiger partial charge in [0.2, 0.25) is 5.91 Å². The Hall–Kier alpha value is -1.49. The molecule has 19 heavy (non-hydrogen) atoms. The van der Waals surface area contributed by atoms with E-state index in [0.29, 0.717) is 5.56 Å². The number of hydrogen-bond acceptors (Lipinski definition) is 2. The van der Waals surface area contributed by atoms with Crippen LogP contribution in [-0.2, 0) is 4.79 Å². The zero-order valence-corrected chi connectivity index (χ0v) is 11.0. The molecule has 0 aromatic heterocycles. The van der Waals surface area contributed by atoms with Crippen molar-refractivity contribution in [1.82, 2.24) is 5.32 Å². The molecule has 1 fully saturated rings. The summed E-state index contributed by atoms with van der Waals surface area (Å²) in [6.45, 7) is 3.92. The largest absolute Gasteiger partial charge is 0.369 e. The predicted octanol–water partition coefficient (Wildman–Crippen LogP) is 2.13. The molecular weight excluding hydrogens is 250 g/mol. The van der Waals surface area contributed by atoms with Gasteiger partial charge in [-0.1, -0.05) is 6.92 Å². The van der Waals surface area contributed by atoms with E-state index in [1.54, 1.807) is 0 Å². The Morgan fingerprint density at radius 1 is 1.26 bits per heavy atom. The summed E-state index contributed by atoms with van der Waals surface area (Å²) in [5.74, 6) is -2.12. The maximum Gasteiger partial charge on any atom is 0.222 e. The third kappa shape index (κ3) is 2.92. The van der Waals surface area contributed by atoms with Crippen molar-refractivity contribution in [2.45, 2.75) is 32.4 Å². The first-order chi connectivity index (χ1) is 8.88. The lowest BCUT2D eigenvalue weighted by molar-refractivity contribution is -0.125. The minimum Gasteiger partial charge on any atom is -0.369 e. The SMILES string of the molecule is CC1CC(C)C(C(N)=O)C(c2cc(F)cc(F)c2)N1. The van der Waals surface area contributed by atoms with E-state index < -0.39 is 29.5 Å². The third-order valence-corrected chi connectivity index (χ3v) is 3.73. The van der Waals surface area contributed by atoms with Gasteiger partial charge >= 0.3 is 0 Å². The maximum absolute atomic E-state index is 13.3. The second-order valence-corrected chi connectivity index (χ2v) is 5.39. The van der Waals surface area contributed by atoms with E-state index in [1.165, 1.54) is 12.1 Å². The van der Waals surface area contributed by atoms with Gasteiger partial charge in [0.05, 0.1) is 5.92 Å². The Morgan fingerprint density at radius 3 is 2.37 bits per heavy atom. The molecule has 1 aliphatic heterocycles. The number of primary amides is 1. The summed E-state index contributed by atoms with van der Waals surface area (Å²) >= 11 is 0. The number of piperidine rings is 1. The normalized spacial score (nSPS) is 31.2. The summed E-state index contributed by atoms with van der Waals surface area (Å²) in [6, 6.07) is 3.05. The Morgan fingerprint density at radius 2 is 1.84 bits per heavy atom. The molecule has 0 radical (unpaired) electrons. The molecule has 0 bridgehead atoms. The van der Waals surface area contributed by atoms with Crippen molar-refractivity contribution in [2.75, 3.05) is 0 Å². The number of carbonyl (C=O) groups excluding carboxylic acids is 1. The highest BCUT2D eigenvalue weighted by Crippen LogP contribution is 2.35. The molecule has 1 saturated heterocycles. The molecule has 5 heteroatoms. The minimum atomic E-state index is -0.647. The number of nitrogens with one attached hydrogen (secondary N) is 1. The Bertz CT molecular complexity index is 472. The Kier molecular flexibility index (Phi) is 3.85. The van der Waals surface area contributed by atoms with Crippen molar-refractivity contribution in [2.24, 2.45) is 17.6 Å². The summed E-state index contributed by atoms with van der Waals surface area (Å²) in [6.07, 6.45) is 0.807. The van der Waals surface area contributed by atoms with Crippen molar-refractivity contribution in [3.8, 4) is 0 Å². The van der Waals surface area contributed by atoms with E-state index in [-0.39, 0.29) is 12.0 Å². The topological polar surface area (TPSA) is 55.1 Å². The van der Waals surface area contributed by atoms with Gasteiger partial charge in [-0.05, 0) is 37.0 Å². The second-order valence-electron chi connectivity index (χ2n) is 5.39. The van der Waals surface area contributed by atoms with Gasteiger partial charge in [-0.2, -0.15) is 0 Å². The summed E-state index contributed by atoms with van der Waals surface area (Å²) in [5.41, 5.74) is 5.87. The first-order valence-electron chi connectivity index (χ1n) is 6.40. The van der Waals surface area contributed by atoms with Gasteiger partial charge in [-0.15, -0.1) is 0 Å². The number of carbonyl (C=O) groups is 1. The molecule has 3 nitrogen and oxygen atoms in total. The second kappa shape index (κ2) is 5.25. The maximum atomic E-state index is 13.3. The number of amides is 1. The molecule has 104 valence electrons. The highest BCUT2D eigenvalue weighted by Gasteiger charge is 2.38. The summed E-state index contributed by atoms with van der Waals surface area (Å²) in [4.78, 5) is 11.6. The zero-order valence-electron chi connectivity index (χ0n) is 11.0. The van der Waals surface area contributed by atoms with Crippen LogP contribution in [0.2, 0.25) is 0 Å². The Labute approximate surface area is 111 Å². The van der Waals surface area contributed by atoms with Gasteiger partial charge in [0.15, 0.2) is 0 Å². The molecule has 3 N–H and O–H groups in total. The van der Waals surface area contributed by atoms with Crippen LogP contribution in [0.4, 0.5) is 8.78 Å². The molecule has 2 rings (SSSR count). The van der Waals surface area contributed by atoms with E-state index in [2.05, 4.69) is 5.32 Å². The molecule has 4 unspecified atom stereocenters. The van der Waals surface area contributed by atoms with Gasteiger partial charge in [-0.25, -0.2) is 8.78 Å². The molecule has 1 amide bonds. The van der Waals surface area contributed by atoms with Crippen molar-refractivity contribution in [1.29, 1.82) is 0 Å². The number of halogens is 2. The summed E-state index contributed by atoms with van der Waals surface area (Å²) in [5, 5.41) is 3.21. The van der Waals surface area contributed by atoms with Crippen LogP contribution in [-0.4, -0.2) is 11.9 Å². The Balaban J connectivity index is 2.40. The van der Waals surface area contributed by atoms with Crippen LogP contribution >= 0.6 is 0 Å². The van der Waals surface area contributed by atoms with Crippen molar-refractivity contribution in [3.63, 3.8) is 0 Å². The molecule has 0 spiro atoms. The van der Waals surface area contributed by atoms with Crippen molar-refractivity contribution < 1.29 is 13.6 Å². The zero-order chi connectivity index (χ0) is 14.2. The first-order valence-corrected chi connectivity index (χ1v) is 6.40. The van der Waals surface area contributed by atoms with E-state index >= 15 is 0 Å². The van der Waals surface area contributed by atoms with Crippen LogP contribution in [0.3, 0.4) is 0 Å². The van der Waals surface area contributed by atoms with E-state index in [4.69, 9.17) is 5.73 Å². The monoisotopic (exact) mass is 268 g/mol. The van der Waals surface area contributed by atoms with E-state index in [0.717, 1.165) is 12.5 Å². The average Bonchev–Trinajstić information content (AvgIpc) is 2.25. The van der Waals surface area contributed by atoms with Crippen LogP contribution in [0.15, 0.2) is 18.2 Å². The number of nitrogens with two attached hydrogens (primary N) is 1. The van der Waals surface area contributed by atoms with Crippen LogP contribution in [0.1, 0.15) is 31.9 Å². The van der Waals surface area contributed by atoms with Crippen LogP contribution < -0.4 is 11.1 Å². The van der Waals surface area contributed by atoms with Crippen LogP contribution in [0.25, 0.3) is 0 Å². The molecule has 1 aromatic rings. The average molecular weight is 268 g/mol. The fourth-order valence-electron chi connectivity index (χ4n) is 3.01. The lowest BCUT2D eigenvalue weighted by Crippen LogP contribution is -2.49. The quantitative estimate of drug-likeness (QED) is 0.863. The highest BCUT2D eigenvalue weighted by atomic mass is 19.1. The van der Waals surface area contributed by atoms with Gasteiger partial charge < -0.3 is 11.1 Å². The smallest absolute Gasteiger partial charge is 0.222 e. The summed E-state index contributed by atoms with van der Waals surface area (Å²) in [7, 11) is 0. The molecule has 1 heterocycles. The number of rotatable bonds is 2. The van der Waals surface area contributed by atoms with E-state index in [1.807, 2.05) is 13.8 Å². The third-order valence-electron chi connectivity index (χ3n) is 3.73. The predicted molar refractivity (Wildman–Crippen MR) is 68.2 cm³/mol. The molecule has 0 saturated carbocycles.